The van der Waals surface area contributed by atoms with Gasteiger partial charge in [-0.1, -0.05) is 0 Å². The molecular formula is C3H8NO6P. The van der Waals surface area contributed by atoms with Gasteiger partial charge in [-0.25, -0.2) is 4.89 Å². The Balaban J connectivity index is 3.39. The van der Waals surface area contributed by atoms with Crippen LogP contribution in [0.3, 0.4) is 0 Å². The van der Waals surface area contributed by atoms with Gasteiger partial charge < -0.3 is 15.7 Å². The summed E-state index contributed by atoms with van der Waals surface area (Å²) in [4.78, 5) is 22.0. The summed E-state index contributed by atoms with van der Waals surface area (Å²) < 4.78 is 13.5. The molecule has 8 heteroatoms. The van der Waals surface area contributed by atoms with Crippen molar-refractivity contribution in [1.82, 2.24) is 0 Å². The summed E-state index contributed by atoms with van der Waals surface area (Å²) >= 11 is 0. The maximum Gasteiger partial charge on any atom is 0.344 e. The first-order chi connectivity index (χ1) is 5.04. The Morgan fingerprint density at radius 3 is 2.64 bits per heavy atom. The van der Waals surface area contributed by atoms with Crippen LogP contribution >= 0.6 is 8.25 Å². The summed E-state index contributed by atoms with van der Waals surface area (Å²) in [5.41, 5.74) is 4.93. The van der Waals surface area contributed by atoms with Gasteiger partial charge >= 0.3 is 14.2 Å². The van der Waals surface area contributed by atoms with E-state index in [2.05, 4.69) is 9.56 Å². The molecule has 0 heterocycles. The molecule has 0 saturated carbocycles. The van der Waals surface area contributed by atoms with Crippen molar-refractivity contribution < 1.29 is 28.9 Å². The van der Waals surface area contributed by atoms with Crippen LogP contribution in [0, 0.1) is 0 Å². The quantitative estimate of drug-likeness (QED) is 0.277. The van der Waals surface area contributed by atoms with Gasteiger partial charge in [0.15, 0.2) is 0 Å². The first-order valence-corrected chi connectivity index (χ1v) is 3.81. The van der Waals surface area contributed by atoms with Gasteiger partial charge in [0.2, 0.25) is 0 Å². The molecule has 0 radical (unpaired) electrons. The molecule has 2 atom stereocenters. The molecule has 0 bridgehead atoms. The molecule has 66 valence electrons. The molecule has 7 nitrogen and oxygen atoms in total. The van der Waals surface area contributed by atoms with E-state index in [4.69, 9.17) is 15.7 Å². The Bertz CT molecular complexity index is 160. The number of carbonyl (C=O) groups is 1. The minimum Gasteiger partial charge on any atom is -0.480 e. The van der Waals surface area contributed by atoms with Crippen LogP contribution in [-0.2, 0) is 18.9 Å². The van der Waals surface area contributed by atoms with E-state index in [0.717, 1.165) is 0 Å². The number of rotatable bonds is 5. The molecule has 0 aromatic rings. The van der Waals surface area contributed by atoms with Crippen LogP contribution in [0.25, 0.3) is 0 Å². The third kappa shape index (κ3) is 5.96. The Hall–Kier alpha value is -0.460. The van der Waals surface area contributed by atoms with Crippen molar-refractivity contribution in [2.24, 2.45) is 5.73 Å². The number of nitrogens with two attached hydrogens (primary N) is 1. The fraction of sp³-hybridized carbons (Fsp3) is 0.667. The molecule has 0 aromatic carbocycles. The summed E-state index contributed by atoms with van der Waals surface area (Å²) in [7, 11) is -3.18. The number of aliphatic carboxylic acids is 1. The lowest BCUT2D eigenvalue weighted by Gasteiger charge is -2.03. The number of hydrogen-bond acceptors (Lipinski definition) is 5. The molecule has 0 aliphatic heterocycles. The lowest BCUT2D eigenvalue weighted by Crippen LogP contribution is -2.34. The van der Waals surface area contributed by atoms with Gasteiger partial charge in [-0.15, -0.1) is 0 Å². The Labute approximate surface area is 62.6 Å². The van der Waals surface area contributed by atoms with Crippen molar-refractivity contribution in [3.05, 3.63) is 0 Å². The van der Waals surface area contributed by atoms with E-state index in [1.807, 2.05) is 0 Å². The molecule has 0 aliphatic carbocycles. The van der Waals surface area contributed by atoms with Crippen molar-refractivity contribution in [3.8, 4) is 0 Å². The van der Waals surface area contributed by atoms with E-state index >= 15 is 0 Å². The summed E-state index contributed by atoms with van der Waals surface area (Å²) in [5.74, 6) is -1.27. The maximum absolute atomic E-state index is 9.98. The van der Waals surface area contributed by atoms with Crippen LogP contribution in [0.4, 0.5) is 0 Å². The third-order valence-electron chi connectivity index (χ3n) is 0.695. The molecule has 4 N–H and O–H groups in total. The highest BCUT2D eigenvalue weighted by atomic mass is 31.1. The monoisotopic (exact) mass is 185 g/mol. The molecule has 0 amide bonds. The average Bonchev–Trinajstić information content (AvgIpc) is 1.86. The highest BCUT2D eigenvalue weighted by molar-refractivity contribution is 7.31. The van der Waals surface area contributed by atoms with Crippen molar-refractivity contribution in [1.29, 1.82) is 0 Å². The lowest BCUT2D eigenvalue weighted by molar-refractivity contribution is -0.212. The zero-order valence-electron chi connectivity index (χ0n) is 5.39. The molecular weight excluding hydrogens is 177 g/mol. The van der Waals surface area contributed by atoms with E-state index in [1.165, 1.54) is 0 Å². The fourth-order valence-corrected chi connectivity index (χ4v) is 0.398. The van der Waals surface area contributed by atoms with Crippen molar-refractivity contribution in [2.45, 2.75) is 6.04 Å². The van der Waals surface area contributed by atoms with Crippen LogP contribution < -0.4 is 5.73 Å². The summed E-state index contributed by atoms with van der Waals surface area (Å²) in [5, 5.41) is 8.15. The number of hydrogen-bond donors (Lipinski definition) is 3. The average molecular weight is 185 g/mol. The molecule has 11 heavy (non-hydrogen) atoms. The van der Waals surface area contributed by atoms with Crippen molar-refractivity contribution in [2.75, 3.05) is 6.61 Å². The maximum atomic E-state index is 9.98. The summed E-state index contributed by atoms with van der Waals surface area (Å²) in [6, 6.07) is -1.25. The summed E-state index contributed by atoms with van der Waals surface area (Å²) in [6.45, 7) is -0.466. The van der Waals surface area contributed by atoms with Crippen LogP contribution in [0.5, 0.6) is 0 Å². The normalized spacial score (nSPS) is 15.8. The second kappa shape index (κ2) is 5.22. The van der Waals surface area contributed by atoms with Gasteiger partial charge in [0.1, 0.15) is 12.6 Å². The lowest BCUT2D eigenvalue weighted by atomic mass is 10.3. The Kier molecular flexibility index (Phi) is 5.01. The van der Waals surface area contributed by atoms with Gasteiger partial charge in [-0.3, -0.25) is 9.36 Å². The van der Waals surface area contributed by atoms with E-state index in [0.29, 0.717) is 0 Å². The number of carboxylic acid groups (broad SMARTS) is 1. The van der Waals surface area contributed by atoms with Crippen molar-refractivity contribution in [3.63, 3.8) is 0 Å². The van der Waals surface area contributed by atoms with Gasteiger partial charge in [0.05, 0.1) is 0 Å². The van der Waals surface area contributed by atoms with E-state index in [9.17, 15) is 9.36 Å². The van der Waals surface area contributed by atoms with Crippen LogP contribution in [0.1, 0.15) is 0 Å². The molecule has 0 aromatic heterocycles. The highest BCUT2D eigenvalue weighted by Crippen LogP contribution is 2.14. The predicted octanol–water partition coefficient (Wildman–Crippen LogP) is -1.27. The molecule has 0 fully saturated rings. The topological polar surface area (TPSA) is 119 Å². The standard InChI is InChI=1S/C3H8NO6P/c4-2(3(5)6)1-9-10-11(7)8/h2,11H,1,4H2,(H,5,6)(H,7,8)/t2-/m0/s1. The molecule has 1 unspecified atom stereocenters. The van der Waals surface area contributed by atoms with Crippen molar-refractivity contribution >= 4 is 14.2 Å². The molecule has 0 saturated heterocycles. The van der Waals surface area contributed by atoms with Gasteiger partial charge in [0.25, 0.3) is 0 Å². The molecule has 0 aliphatic rings. The van der Waals surface area contributed by atoms with E-state index < -0.39 is 26.9 Å². The number of carboxylic acids is 1. The second-order valence-electron chi connectivity index (χ2n) is 1.58. The first-order valence-electron chi connectivity index (χ1n) is 2.55. The largest absolute Gasteiger partial charge is 0.480 e. The minimum absolute atomic E-state index is 0.466. The molecule has 0 spiro atoms. The molecule has 0 rings (SSSR count). The third-order valence-corrected chi connectivity index (χ3v) is 0.955. The van der Waals surface area contributed by atoms with Crippen LogP contribution in [-0.4, -0.2) is 28.6 Å². The smallest absolute Gasteiger partial charge is 0.344 e. The van der Waals surface area contributed by atoms with Crippen LogP contribution in [0.2, 0.25) is 0 Å². The zero-order valence-corrected chi connectivity index (χ0v) is 6.39. The Morgan fingerprint density at radius 1 is 1.73 bits per heavy atom. The van der Waals surface area contributed by atoms with E-state index in [1.54, 1.807) is 0 Å². The summed E-state index contributed by atoms with van der Waals surface area (Å²) in [6.07, 6.45) is 0. The van der Waals surface area contributed by atoms with Gasteiger partial charge in [-0.2, -0.15) is 4.67 Å². The predicted molar refractivity (Wildman–Crippen MR) is 33.9 cm³/mol. The second-order valence-corrected chi connectivity index (χ2v) is 2.28. The van der Waals surface area contributed by atoms with Gasteiger partial charge in [-0.05, 0) is 0 Å². The fourth-order valence-electron chi connectivity index (χ4n) is 0.229. The minimum atomic E-state index is -3.18. The Morgan fingerprint density at radius 2 is 2.27 bits per heavy atom. The van der Waals surface area contributed by atoms with Gasteiger partial charge in [0, 0.05) is 0 Å². The first kappa shape index (κ1) is 10.5. The van der Waals surface area contributed by atoms with Crippen LogP contribution in [0.15, 0.2) is 0 Å². The zero-order chi connectivity index (χ0) is 8.85. The van der Waals surface area contributed by atoms with E-state index in [-0.39, 0.29) is 0 Å². The highest BCUT2D eigenvalue weighted by Gasteiger charge is 2.11. The SMILES string of the molecule is N[C@@H](COO[PH](=O)O)C(=O)O.